The lowest BCUT2D eigenvalue weighted by molar-refractivity contribution is 0.744. The molecule has 0 bridgehead atoms. The Balaban J connectivity index is 1.75. The highest BCUT2D eigenvalue weighted by Crippen LogP contribution is 1.93. The van der Waals surface area contributed by atoms with Crippen LogP contribution in [0.1, 0.15) is 32.6 Å². The van der Waals surface area contributed by atoms with Gasteiger partial charge in [-0.05, 0) is 32.6 Å². The molecular formula is C13H24N8. The van der Waals surface area contributed by atoms with E-state index in [1.54, 1.807) is 6.21 Å². The quantitative estimate of drug-likeness (QED) is 0.435. The third-order valence-electron chi connectivity index (χ3n) is 3.05. The molecule has 116 valence electrons. The molecule has 0 aliphatic carbocycles. The number of hydrazone groups is 2. The highest BCUT2D eigenvalue weighted by Gasteiger charge is 2.02. The molecule has 0 saturated carbocycles. The third kappa shape index (κ3) is 6.24. The van der Waals surface area contributed by atoms with Crippen LogP contribution in [0.4, 0.5) is 0 Å². The van der Waals surface area contributed by atoms with E-state index in [4.69, 9.17) is 0 Å². The average molecular weight is 292 g/mol. The van der Waals surface area contributed by atoms with E-state index >= 15 is 0 Å². The Kier molecular flexibility index (Phi) is 6.50. The molecule has 0 fully saturated rings. The zero-order chi connectivity index (χ0) is 14.8. The lowest BCUT2D eigenvalue weighted by atomic mass is 10.3. The molecule has 0 amide bonds. The topological polar surface area (TPSA) is 97.6 Å². The van der Waals surface area contributed by atoms with Crippen LogP contribution in [0.15, 0.2) is 20.2 Å². The largest absolute Gasteiger partial charge is 0.355 e. The van der Waals surface area contributed by atoms with Crippen molar-refractivity contribution in [2.24, 2.45) is 20.2 Å². The van der Waals surface area contributed by atoms with Crippen molar-refractivity contribution in [2.45, 2.75) is 32.6 Å². The smallest absolute Gasteiger partial charge is 0.212 e. The number of hydrogen-bond acceptors (Lipinski definition) is 8. The van der Waals surface area contributed by atoms with E-state index in [9.17, 15) is 0 Å². The lowest BCUT2D eigenvalue weighted by Gasteiger charge is -2.06. The van der Waals surface area contributed by atoms with Crippen molar-refractivity contribution in [1.82, 2.24) is 21.5 Å². The fourth-order valence-corrected chi connectivity index (χ4v) is 1.89. The fourth-order valence-electron chi connectivity index (χ4n) is 1.89. The second-order valence-corrected chi connectivity index (χ2v) is 4.96. The standard InChI is InChI=1S/C13H24N8/c1-11(19-21-13-16-8-4-5-9-17-13)10-18-20-12-14-6-2-3-7-15-12/h10H,2-9H2,1H3,(H2,14,15,20)(H2,16,17,21)/b18-10-,19-11-. The molecule has 2 heterocycles. The Hall–Kier alpha value is -2.12. The molecule has 2 aliphatic heterocycles. The molecule has 2 aliphatic rings. The Bertz CT molecular complexity index is 437. The zero-order valence-corrected chi connectivity index (χ0v) is 12.5. The van der Waals surface area contributed by atoms with Crippen molar-refractivity contribution >= 4 is 23.8 Å². The van der Waals surface area contributed by atoms with Crippen LogP contribution in [0.3, 0.4) is 0 Å². The van der Waals surface area contributed by atoms with Gasteiger partial charge >= 0.3 is 0 Å². The fraction of sp³-hybridized carbons (Fsp3) is 0.692. The molecule has 2 rings (SSSR count). The molecule has 8 heteroatoms. The average Bonchev–Trinajstić information content (AvgIpc) is 2.90. The maximum absolute atomic E-state index is 4.36. The van der Waals surface area contributed by atoms with Crippen LogP contribution in [-0.2, 0) is 0 Å². The summed E-state index contributed by atoms with van der Waals surface area (Å²) in [6.07, 6.45) is 6.15. The van der Waals surface area contributed by atoms with Gasteiger partial charge in [-0.1, -0.05) is 0 Å². The summed E-state index contributed by atoms with van der Waals surface area (Å²) in [5, 5.41) is 14.7. The molecule has 4 N–H and O–H groups in total. The zero-order valence-electron chi connectivity index (χ0n) is 12.5. The second-order valence-electron chi connectivity index (χ2n) is 4.96. The van der Waals surface area contributed by atoms with Gasteiger partial charge in [0.05, 0.1) is 11.9 Å². The Morgan fingerprint density at radius 2 is 1.62 bits per heavy atom. The predicted octanol–water partition coefficient (Wildman–Crippen LogP) is 0.00610. The molecular weight excluding hydrogens is 268 g/mol. The SMILES string of the molecule is CC(/C=N\NC1=NCCCCN1)=N/NC1=NCCCCN1. The van der Waals surface area contributed by atoms with Crippen LogP contribution in [0.25, 0.3) is 0 Å². The first-order valence-electron chi connectivity index (χ1n) is 7.50. The molecule has 0 radical (unpaired) electrons. The van der Waals surface area contributed by atoms with Gasteiger partial charge in [-0.2, -0.15) is 10.2 Å². The van der Waals surface area contributed by atoms with Gasteiger partial charge in [-0.25, -0.2) is 10.9 Å². The van der Waals surface area contributed by atoms with E-state index in [0.29, 0.717) is 0 Å². The maximum Gasteiger partial charge on any atom is 0.212 e. The molecule has 0 saturated heterocycles. The van der Waals surface area contributed by atoms with Gasteiger partial charge in [-0.3, -0.25) is 9.98 Å². The number of nitrogens with zero attached hydrogens (tertiary/aromatic N) is 4. The van der Waals surface area contributed by atoms with E-state index in [-0.39, 0.29) is 0 Å². The van der Waals surface area contributed by atoms with Gasteiger partial charge in [0.1, 0.15) is 0 Å². The first-order valence-corrected chi connectivity index (χ1v) is 7.50. The van der Waals surface area contributed by atoms with Gasteiger partial charge in [0, 0.05) is 26.2 Å². The maximum atomic E-state index is 4.36. The molecule has 0 atom stereocenters. The minimum Gasteiger partial charge on any atom is -0.355 e. The summed E-state index contributed by atoms with van der Waals surface area (Å²) in [6.45, 7) is 5.41. The third-order valence-corrected chi connectivity index (χ3v) is 3.05. The van der Waals surface area contributed by atoms with E-state index < -0.39 is 0 Å². The van der Waals surface area contributed by atoms with Crippen molar-refractivity contribution in [1.29, 1.82) is 0 Å². The number of nitrogens with one attached hydrogen (secondary N) is 4. The van der Waals surface area contributed by atoms with Crippen molar-refractivity contribution < 1.29 is 0 Å². The van der Waals surface area contributed by atoms with Gasteiger partial charge in [-0.15, -0.1) is 0 Å². The van der Waals surface area contributed by atoms with Crippen LogP contribution < -0.4 is 21.5 Å². The highest BCUT2D eigenvalue weighted by molar-refractivity contribution is 6.29. The van der Waals surface area contributed by atoms with E-state index in [2.05, 4.69) is 41.7 Å². The molecule has 0 aromatic heterocycles. The summed E-state index contributed by atoms with van der Waals surface area (Å²) in [7, 11) is 0. The Morgan fingerprint density at radius 3 is 2.29 bits per heavy atom. The first kappa shape index (κ1) is 15.3. The van der Waals surface area contributed by atoms with Crippen molar-refractivity contribution in [3.05, 3.63) is 0 Å². The summed E-state index contributed by atoms with van der Waals surface area (Å²) in [5.74, 6) is 1.45. The molecule has 0 aromatic carbocycles. The van der Waals surface area contributed by atoms with E-state index in [0.717, 1.165) is 69.5 Å². The summed E-state index contributed by atoms with van der Waals surface area (Å²) in [5.41, 5.74) is 6.57. The van der Waals surface area contributed by atoms with Gasteiger partial charge in [0.2, 0.25) is 11.9 Å². The van der Waals surface area contributed by atoms with Crippen molar-refractivity contribution in [2.75, 3.05) is 26.2 Å². The minimum absolute atomic E-state index is 0.722. The Labute approximate surface area is 125 Å². The molecule has 0 spiro atoms. The monoisotopic (exact) mass is 292 g/mol. The highest BCUT2D eigenvalue weighted by atomic mass is 15.4. The molecule has 8 nitrogen and oxygen atoms in total. The molecule has 21 heavy (non-hydrogen) atoms. The molecule has 0 unspecified atom stereocenters. The first-order chi connectivity index (χ1) is 10.3. The van der Waals surface area contributed by atoms with E-state index in [1.807, 2.05) is 6.92 Å². The normalized spacial score (nSPS) is 20.5. The predicted molar refractivity (Wildman–Crippen MR) is 86.9 cm³/mol. The summed E-state index contributed by atoms with van der Waals surface area (Å²) >= 11 is 0. The van der Waals surface area contributed by atoms with Crippen LogP contribution >= 0.6 is 0 Å². The van der Waals surface area contributed by atoms with Crippen LogP contribution in [0.5, 0.6) is 0 Å². The van der Waals surface area contributed by atoms with Crippen molar-refractivity contribution in [3.8, 4) is 0 Å². The second kappa shape index (κ2) is 8.93. The van der Waals surface area contributed by atoms with Crippen LogP contribution in [0, 0.1) is 0 Å². The number of hydrogen-bond donors (Lipinski definition) is 4. The van der Waals surface area contributed by atoms with Crippen molar-refractivity contribution in [3.63, 3.8) is 0 Å². The van der Waals surface area contributed by atoms with Gasteiger partial charge < -0.3 is 10.6 Å². The van der Waals surface area contributed by atoms with Crippen LogP contribution in [-0.4, -0.2) is 50.0 Å². The number of guanidine groups is 2. The number of aliphatic imine (C=N–C) groups is 2. The summed E-state index contributed by atoms with van der Waals surface area (Å²) in [4.78, 5) is 8.70. The van der Waals surface area contributed by atoms with Crippen LogP contribution in [0.2, 0.25) is 0 Å². The molecule has 0 aromatic rings. The van der Waals surface area contributed by atoms with E-state index in [1.165, 1.54) is 0 Å². The lowest BCUT2D eigenvalue weighted by Crippen LogP contribution is -2.35. The number of rotatable bonds is 3. The van der Waals surface area contributed by atoms with Gasteiger partial charge in [0.15, 0.2) is 0 Å². The Morgan fingerprint density at radius 1 is 1.00 bits per heavy atom. The summed E-state index contributed by atoms with van der Waals surface area (Å²) < 4.78 is 0. The summed E-state index contributed by atoms with van der Waals surface area (Å²) in [6, 6.07) is 0. The van der Waals surface area contributed by atoms with Gasteiger partial charge in [0.25, 0.3) is 0 Å². The minimum atomic E-state index is 0.722.